The fraction of sp³-hybridized carbons (Fsp3) is 0.381. The monoisotopic (exact) mass is 322 g/mol. The summed E-state index contributed by atoms with van der Waals surface area (Å²) in [7, 11) is 0. The largest absolute Gasteiger partial charge is 0.378 e. The van der Waals surface area contributed by atoms with Gasteiger partial charge in [-0.05, 0) is 43.5 Å². The van der Waals surface area contributed by atoms with Gasteiger partial charge in [0.2, 0.25) is 5.91 Å². The molecule has 3 heteroatoms. The average Bonchev–Trinajstić information content (AvgIpc) is 2.61. The molecule has 0 bridgehead atoms. The number of amides is 1. The Morgan fingerprint density at radius 2 is 1.83 bits per heavy atom. The van der Waals surface area contributed by atoms with Crippen molar-refractivity contribution in [2.45, 2.75) is 51.6 Å². The molecule has 0 saturated heterocycles. The van der Waals surface area contributed by atoms with E-state index in [0.29, 0.717) is 6.42 Å². The molecule has 1 aliphatic rings. The number of fused-ring (bicyclic) bond motifs is 1. The molecule has 0 fully saturated rings. The molecular formula is C21H26N2O. The molecule has 24 heavy (non-hydrogen) atoms. The van der Waals surface area contributed by atoms with Gasteiger partial charge in [0.15, 0.2) is 0 Å². The molecule has 0 saturated carbocycles. The van der Waals surface area contributed by atoms with Gasteiger partial charge in [-0.3, -0.25) is 4.79 Å². The first-order valence-electron chi connectivity index (χ1n) is 8.93. The Kier molecular flexibility index (Phi) is 5.19. The number of rotatable bonds is 5. The number of hydrogen-bond acceptors (Lipinski definition) is 2. The number of nitrogens with one attached hydrogen (secondary N) is 1. The summed E-state index contributed by atoms with van der Waals surface area (Å²) in [6.45, 7) is 4.28. The van der Waals surface area contributed by atoms with Crippen molar-refractivity contribution in [3.63, 3.8) is 0 Å². The van der Waals surface area contributed by atoms with Crippen LogP contribution in [-0.2, 0) is 4.79 Å². The van der Waals surface area contributed by atoms with Crippen LogP contribution in [0.5, 0.6) is 0 Å². The minimum atomic E-state index is 0.200. The third-order valence-electron chi connectivity index (χ3n) is 4.72. The van der Waals surface area contributed by atoms with Crippen molar-refractivity contribution in [2.24, 2.45) is 0 Å². The first-order chi connectivity index (χ1) is 11.7. The maximum Gasteiger partial charge on any atom is 0.227 e. The van der Waals surface area contributed by atoms with Crippen molar-refractivity contribution in [1.29, 1.82) is 0 Å². The van der Waals surface area contributed by atoms with Crippen LogP contribution < -0.4 is 10.2 Å². The Morgan fingerprint density at radius 1 is 1.12 bits per heavy atom. The number of carbonyl (C=O) groups excluding carboxylic acids is 1. The minimum Gasteiger partial charge on any atom is -0.378 e. The highest BCUT2D eigenvalue weighted by atomic mass is 16.2. The maximum absolute atomic E-state index is 12.7. The van der Waals surface area contributed by atoms with E-state index in [2.05, 4.69) is 49.5 Å². The average molecular weight is 322 g/mol. The Bertz CT molecular complexity index is 683. The quantitative estimate of drug-likeness (QED) is 0.825. The predicted octanol–water partition coefficient (Wildman–Crippen LogP) is 5.16. The zero-order chi connectivity index (χ0) is 16.9. The van der Waals surface area contributed by atoms with Crippen LogP contribution in [0.3, 0.4) is 0 Å². The molecule has 2 atom stereocenters. The van der Waals surface area contributed by atoms with Gasteiger partial charge in [-0.1, -0.05) is 49.7 Å². The van der Waals surface area contributed by atoms with E-state index in [1.807, 2.05) is 29.2 Å². The zero-order valence-corrected chi connectivity index (χ0v) is 14.5. The number of benzene rings is 2. The van der Waals surface area contributed by atoms with Crippen LogP contribution in [0.4, 0.5) is 11.4 Å². The highest BCUT2D eigenvalue weighted by Crippen LogP contribution is 2.39. The molecule has 0 unspecified atom stereocenters. The second kappa shape index (κ2) is 7.52. The van der Waals surface area contributed by atoms with Crippen LogP contribution in [0.2, 0.25) is 0 Å². The predicted molar refractivity (Wildman–Crippen MR) is 100 cm³/mol. The van der Waals surface area contributed by atoms with Crippen LogP contribution in [0, 0.1) is 0 Å². The molecule has 3 rings (SSSR count). The van der Waals surface area contributed by atoms with E-state index in [1.54, 1.807) is 0 Å². The molecule has 0 aliphatic carbocycles. The number of para-hydroxylation sites is 2. The van der Waals surface area contributed by atoms with Crippen molar-refractivity contribution in [3.8, 4) is 0 Å². The standard InChI is InChI=1S/C21H26N2O/c1-3-4-14-21(24)23-16(2)15-19(18-12-8-9-13-20(18)23)22-17-10-6-5-7-11-17/h5-13,16,19,22H,3-4,14-15H2,1-2H3/t16-,19-/m0/s1. The van der Waals surface area contributed by atoms with Crippen molar-refractivity contribution in [2.75, 3.05) is 10.2 Å². The van der Waals surface area contributed by atoms with Gasteiger partial charge in [0.1, 0.15) is 0 Å². The summed E-state index contributed by atoms with van der Waals surface area (Å²) in [5.41, 5.74) is 3.39. The first-order valence-corrected chi connectivity index (χ1v) is 8.93. The number of anilines is 2. The van der Waals surface area contributed by atoms with Crippen molar-refractivity contribution < 1.29 is 4.79 Å². The second-order valence-electron chi connectivity index (χ2n) is 6.57. The number of nitrogens with zero attached hydrogens (tertiary/aromatic N) is 1. The molecule has 0 aromatic heterocycles. The van der Waals surface area contributed by atoms with E-state index in [4.69, 9.17) is 0 Å². The van der Waals surface area contributed by atoms with Crippen LogP contribution in [0.25, 0.3) is 0 Å². The van der Waals surface area contributed by atoms with Crippen molar-refractivity contribution in [1.82, 2.24) is 0 Å². The normalized spacial score (nSPS) is 19.7. The van der Waals surface area contributed by atoms with Gasteiger partial charge in [-0.2, -0.15) is 0 Å². The van der Waals surface area contributed by atoms with Gasteiger partial charge in [-0.25, -0.2) is 0 Å². The lowest BCUT2D eigenvalue weighted by molar-refractivity contribution is -0.119. The minimum absolute atomic E-state index is 0.200. The Morgan fingerprint density at radius 3 is 2.58 bits per heavy atom. The molecule has 1 N–H and O–H groups in total. The second-order valence-corrected chi connectivity index (χ2v) is 6.57. The van der Waals surface area contributed by atoms with Crippen molar-refractivity contribution in [3.05, 3.63) is 60.2 Å². The molecular weight excluding hydrogens is 296 g/mol. The summed E-state index contributed by atoms with van der Waals surface area (Å²) in [5, 5.41) is 3.63. The summed E-state index contributed by atoms with van der Waals surface area (Å²) < 4.78 is 0. The Labute approximate surface area is 144 Å². The Balaban J connectivity index is 1.88. The lowest BCUT2D eigenvalue weighted by Gasteiger charge is -2.40. The summed E-state index contributed by atoms with van der Waals surface area (Å²) in [6.07, 6.45) is 3.55. The number of unbranched alkanes of at least 4 members (excludes halogenated alkanes) is 1. The molecule has 1 amide bonds. The molecule has 1 heterocycles. The van der Waals surface area contributed by atoms with E-state index in [9.17, 15) is 4.79 Å². The summed E-state index contributed by atoms with van der Waals surface area (Å²) >= 11 is 0. The highest BCUT2D eigenvalue weighted by Gasteiger charge is 2.33. The number of hydrogen-bond donors (Lipinski definition) is 1. The fourth-order valence-corrected chi connectivity index (χ4v) is 3.51. The molecule has 2 aromatic carbocycles. The molecule has 3 nitrogen and oxygen atoms in total. The lowest BCUT2D eigenvalue weighted by atomic mass is 9.91. The summed E-state index contributed by atoms with van der Waals surface area (Å²) in [6, 6.07) is 19.0. The van der Waals surface area contributed by atoms with Gasteiger partial charge < -0.3 is 10.2 Å². The molecule has 0 spiro atoms. The summed E-state index contributed by atoms with van der Waals surface area (Å²) in [4.78, 5) is 14.7. The van der Waals surface area contributed by atoms with Crippen LogP contribution in [0.1, 0.15) is 51.1 Å². The third kappa shape index (κ3) is 3.45. The van der Waals surface area contributed by atoms with E-state index >= 15 is 0 Å². The van der Waals surface area contributed by atoms with Crippen LogP contribution in [0.15, 0.2) is 54.6 Å². The molecule has 1 aliphatic heterocycles. The molecule has 126 valence electrons. The van der Waals surface area contributed by atoms with E-state index in [-0.39, 0.29) is 18.0 Å². The topological polar surface area (TPSA) is 32.3 Å². The van der Waals surface area contributed by atoms with Crippen LogP contribution >= 0.6 is 0 Å². The van der Waals surface area contributed by atoms with E-state index in [0.717, 1.165) is 30.6 Å². The molecule has 0 radical (unpaired) electrons. The fourth-order valence-electron chi connectivity index (χ4n) is 3.51. The summed E-state index contributed by atoms with van der Waals surface area (Å²) in [5.74, 6) is 0.245. The van der Waals surface area contributed by atoms with Gasteiger partial charge in [0.05, 0.1) is 6.04 Å². The van der Waals surface area contributed by atoms with Gasteiger partial charge in [-0.15, -0.1) is 0 Å². The van der Waals surface area contributed by atoms with Crippen molar-refractivity contribution >= 4 is 17.3 Å². The van der Waals surface area contributed by atoms with E-state index in [1.165, 1.54) is 5.56 Å². The van der Waals surface area contributed by atoms with Crippen LogP contribution in [-0.4, -0.2) is 11.9 Å². The van der Waals surface area contributed by atoms with Gasteiger partial charge >= 0.3 is 0 Å². The molecule has 2 aromatic rings. The van der Waals surface area contributed by atoms with Gasteiger partial charge in [0, 0.05) is 23.8 Å². The highest BCUT2D eigenvalue weighted by molar-refractivity contribution is 5.95. The smallest absolute Gasteiger partial charge is 0.227 e. The van der Waals surface area contributed by atoms with Gasteiger partial charge in [0.25, 0.3) is 0 Å². The van der Waals surface area contributed by atoms with E-state index < -0.39 is 0 Å². The maximum atomic E-state index is 12.7. The SMILES string of the molecule is CCCCC(=O)N1c2ccccc2[C@@H](Nc2ccccc2)C[C@@H]1C. The Hall–Kier alpha value is -2.29. The zero-order valence-electron chi connectivity index (χ0n) is 14.5. The first kappa shape index (κ1) is 16.6. The third-order valence-corrected chi connectivity index (χ3v) is 4.72. The number of carbonyl (C=O) groups is 1. The lowest BCUT2D eigenvalue weighted by Crippen LogP contribution is -2.44.